The van der Waals surface area contributed by atoms with Gasteiger partial charge in [0.05, 0.1) is 24.5 Å². The summed E-state index contributed by atoms with van der Waals surface area (Å²) in [6.07, 6.45) is 6.14. The number of amides is 2. The molecule has 0 radical (unpaired) electrons. The molecule has 3 fully saturated rings. The van der Waals surface area contributed by atoms with Gasteiger partial charge in [-0.25, -0.2) is 8.42 Å². The number of halogens is 1. The summed E-state index contributed by atoms with van der Waals surface area (Å²) >= 11 is 6.19. The maximum atomic E-state index is 13.4. The van der Waals surface area contributed by atoms with Crippen molar-refractivity contribution in [1.82, 2.24) is 14.7 Å². The highest BCUT2D eigenvalue weighted by Crippen LogP contribution is 2.28. The molecule has 1 aromatic carbocycles. The molecule has 2 aliphatic heterocycles. The Morgan fingerprint density at radius 1 is 0.970 bits per heavy atom. The number of sulfone groups is 1. The zero-order valence-corrected chi connectivity index (χ0v) is 20.7. The fourth-order valence-corrected chi connectivity index (χ4v) is 7.32. The Bertz CT molecular complexity index is 956. The second-order valence-corrected chi connectivity index (χ2v) is 12.2. The van der Waals surface area contributed by atoms with E-state index in [9.17, 15) is 18.0 Å². The summed E-state index contributed by atoms with van der Waals surface area (Å²) in [6, 6.07) is 7.36. The Kier molecular flexibility index (Phi) is 7.97. The highest BCUT2D eigenvalue weighted by molar-refractivity contribution is 7.91. The van der Waals surface area contributed by atoms with E-state index in [4.69, 9.17) is 11.6 Å². The predicted octanol–water partition coefficient (Wildman–Crippen LogP) is 2.38. The van der Waals surface area contributed by atoms with Gasteiger partial charge in [0.15, 0.2) is 9.84 Å². The molecule has 1 saturated carbocycles. The van der Waals surface area contributed by atoms with Gasteiger partial charge < -0.3 is 9.80 Å². The average Bonchev–Trinajstić information content (AvgIpc) is 3.15. The van der Waals surface area contributed by atoms with E-state index in [0.29, 0.717) is 44.2 Å². The summed E-state index contributed by atoms with van der Waals surface area (Å²) in [6.45, 7) is 2.73. The first kappa shape index (κ1) is 24.5. The summed E-state index contributed by atoms with van der Waals surface area (Å²) in [7, 11) is -3.05. The van der Waals surface area contributed by atoms with Crippen LogP contribution in [0.25, 0.3) is 0 Å². The molecule has 1 aliphatic carbocycles. The molecule has 3 aliphatic rings. The van der Waals surface area contributed by atoms with Crippen LogP contribution < -0.4 is 0 Å². The molecule has 182 valence electrons. The number of carbonyl (C=O) groups is 2. The maximum absolute atomic E-state index is 13.4. The molecular weight excluding hydrogens is 462 g/mol. The third kappa shape index (κ3) is 6.28. The summed E-state index contributed by atoms with van der Waals surface area (Å²) in [5.41, 5.74) is 0.830. The molecular formula is C24H34ClN3O4S. The van der Waals surface area contributed by atoms with Crippen molar-refractivity contribution < 1.29 is 18.0 Å². The minimum absolute atomic E-state index is 0.0415. The van der Waals surface area contributed by atoms with Crippen LogP contribution in [0.4, 0.5) is 0 Å². The van der Waals surface area contributed by atoms with E-state index in [1.807, 2.05) is 28.0 Å². The van der Waals surface area contributed by atoms with Gasteiger partial charge in [0, 0.05) is 43.3 Å². The molecule has 0 bridgehead atoms. The van der Waals surface area contributed by atoms with E-state index in [1.165, 1.54) is 6.42 Å². The van der Waals surface area contributed by atoms with Crippen LogP contribution in [-0.2, 0) is 25.8 Å². The van der Waals surface area contributed by atoms with E-state index in [0.717, 1.165) is 31.2 Å². The van der Waals surface area contributed by atoms with E-state index >= 15 is 0 Å². The number of rotatable bonds is 6. The lowest BCUT2D eigenvalue weighted by Gasteiger charge is -2.40. The first-order chi connectivity index (χ1) is 15.8. The van der Waals surface area contributed by atoms with Crippen molar-refractivity contribution >= 4 is 33.3 Å². The molecule has 1 unspecified atom stereocenters. The van der Waals surface area contributed by atoms with Gasteiger partial charge in [-0.1, -0.05) is 49.1 Å². The lowest BCUT2D eigenvalue weighted by atomic mass is 9.92. The molecule has 0 aromatic heterocycles. The summed E-state index contributed by atoms with van der Waals surface area (Å²) in [4.78, 5) is 32.0. The highest BCUT2D eigenvalue weighted by Gasteiger charge is 2.39. The van der Waals surface area contributed by atoms with Crippen molar-refractivity contribution in [2.75, 3.05) is 44.2 Å². The van der Waals surface area contributed by atoms with E-state index in [1.54, 1.807) is 6.07 Å². The molecule has 9 heteroatoms. The smallest absolute Gasteiger partial charge is 0.237 e. The fraction of sp³-hybridized carbons (Fsp3) is 0.667. The van der Waals surface area contributed by atoms with Crippen LogP contribution in [0.3, 0.4) is 0 Å². The molecule has 2 amide bonds. The SMILES string of the molecule is O=C(Cc1ccccc1Cl)N1CCN(CC(=O)N(C2CCCCC2)C2CCS(=O)(=O)C2)CC1. The molecule has 33 heavy (non-hydrogen) atoms. The maximum Gasteiger partial charge on any atom is 0.237 e. The third-order valence-corrected chi connectivity index (χ3v) is 9.36. The van der Waals surface area contributed by atoms with Crippen molar-refractivity contribution in [3.8, 4) is 0 Å². The van der Waals surface area contributed by atoms with Crippen molar-refractivity contribution in [1.29, 1.82) is 0 Å². The average molecular weight is 496 g/mol. The van der Waals surface area contributed by atoms with Gasteiger partial charge in [-0.15, -0.1) is 0 Å². The first-order valence-corrected chi connectivity index (χ1v) is 14.3. The molecule has 0 spiro atoms. The third-order valence-electron chi connectivity index (χ3n) is 7.24. The van der Waals surface area contributed by atoms with Gasteiger partial charge >= 0.3 is 0 Å². The van der Waals surface area contributed by atoms with Gasteiger partial charge in [-0.2, -0.15) is 0 Å². The summed E-state index contributed by atoms with van der Waals surface area (Å²) in [5.74, 6) is 0.369. The Morgan fingerprint density at radius 3 is 2.30 bits per heavy atom. The number of benzene rings is 1. The zero-order chi connectivity index (χ0) is 23.4. The standard InChI is InChI=1S/C24H34ClN3O4S/c25-22-9-5-4-6-19(22)16-23(29)27-13-11-26(12-14-27)17-24(30)28(20-7-2-1-3-8-20)21-10-15-33(31,32)18-21/h4-6,9,20-21H,1-3,7-8,10-18H2. The molecule has 2 heterocycles. The minimum Gasteiger partial charge on any atom is -0.340 e. The predicted molar refractivity (Wildman–Crippen MR) is 129 cm³/mol. The van der Waals surface area contributed by atoms with E-state index in [2.05, 4.69) is 4.90 Å². The molecule has 0 N–H and O–H groups in total. The second kappa shape index (κ2) is 10.7. The van der Waals surface area contributed by atoms with Crippen LogP contribution in [0.5, 0.6) is 0 Å². The second-order valence-electron chi connectivity index (χ2n) is 9.57. The van der Waals surface area contributed by atoms with Gasteiger partial charge in [-0.05, 0) is 30.9 Å². The van der Waals surface area contributed by atoms with Crippen molar-refractivity contribution in [2.24, 2.45) is 0 Å². The molecule has 2 saturated heterocycles. The number of carbonyl (C=O) groups excluding carboxylic acids is 2. The minimum atomic E-state index is -3.05. The van der Waals surface area contributed by atoms with Crippen LogP contribution in [0, 0.1) is 0 Å². The molecule has 7 nitrogen and oxygen atoms in total. The van der Waals surface area contributed by atoms with Gasteiger partial charge in [-0.3, -0.25) is 14.5 Å². The monoisotopic (exact) mass is 495 g/mol. The van der Waals surface area contributed by atoms with Crippen LogP contribution in [0.2, 0.25) is 5.02 Å². The van der Waals surface area contributed by atoms with Crippen LogP contribution in [0.15, 0.2) is 24.3 Å². The summed E-state index contributed by atoms with van der Waals surface area (Å²) < 4.78 is 24.2. The van der Waals surface area contributed by atoms with E-state index < -0.39 is 9.84 Å². The Morgan fingerprint density at radius 2 is 1.67 bits per heavy atom. The summed E-state index contributed by atoms with van der Waals surface area (Å²) in [5, 5.41) is 0.604. The fourth-order valence-electron chi connectivity index (χ4n) is 5.40. The van der Waals surface area contributed by atoms with Gasteiger partial charge in [0.1, 0.15) is 0 Å². The first-order valence-electron chi connectivity index (χ1n) is 12.1. The Labute approximate surface area is 202 Å². The Balaban J connectivity index is 1.32. The lowest BCUT2D eigenvalue weighted by Crippen LogP contribution is -2.55. The lowest BCUT2D eigenvalue weighted by molar-refractivity contribution is -0.139. The molecule has 1 aromatic rings. The largest absolute Gasteiger partial charge is 0.340 e. The number of hydrogen-bond acceptors (Lipinski definition) is 5. The van der Waals surface area contributed by atoms with Crippen LogP contribution in [-0.4, -0.2) is 91.2 Å². The zero-order valence-electron chi connectivity index (χ0n) is 19.1. The van der Waals surface area contributed by atoms with E-state index in [-0.39, 0.29) is 41.8 Å². The van der Waals surface area contributed by atoms with Gasteiger partial charge in [0.25, 0.3) is 0 Å². The quantitative estimate of drug-likeness (QED) is 0.605. The highest BCUT2D eigenvalue weighted by atomic mass is 35.5. The van der Waals surface area contributed by atoms with Crippen LogP contribution in [0.1, 0.15) is 44.1 Å². The van der Waals surface area contributed by atoms with Crippen LogP contribution >= 0.6 is 11.6 Å². The number of nitrogens with zero attached hydrogens (tertiary/aromatic N) is 3. The number of piperazine rings is 1. The van der Waals surface area contributed by atoms with Gasteiger partial charge in [0.2, 0.25) is 11.8 Å². The normalized spacial score (nSPS) is 24.0. The topological polar surface area (TPSA) is 78.0 Å². The van der Waals surface area contributed by atoms with Crippen molar-refractivity contribution in [3.05, 3.63) is 34.9 Å². The number of hydrogen-bond donors (Lipinski definition) is 0. The Hall–Kier alpha value is -1.64. The van der Waals surface area contributed by atoms with Crippen molar-refractivity contribution in [2.45, 2.75) is 57.0 Å². The molecule has 1 atom stereocenters. The van der Waals surface area contributed by atoms with Crippen molar-refractivity contribution in [3.63, 3.8) is 0 Å². The molecule has 4 rings (SSSR count).